The smallest absolute Gasteiger partial charge is 1.00 e. The summed E-state index contributed by atoms with van der Waals surface area (Å²) in [5, 5.41) is 27.1. The van der Waals surface area contributed by atoms with Gasteiger partial charge >= 0.3 is 23.1 Å². The van der Waals surface area contributed by atoms with E-state index in [0.717, 1.165) is 47.8 Å². The van der Waals surface area contributed by atoms with Gasteiger partial charge in [-0.25, -0.2) is 31.0 Å². The zero-order valence-electron chi connectivity index (χ0n) is 59.6. The van der Waals surface area contributed by atoms with Crippen molar-refractivity contribution in [2.24, 2.45) is 50.0 Å². The maximum Gasteiger partial charge on any atom is 2.00 e. The van der Waals surface area contributed by atoms with E-state index in [4.69, 9.17) is 38.7 Å². The number of terminal acetylenes is 2. The monoisotopic (exact) mass is 1520 g/mol. The summed E-state index contributed by atoms with van der Waals surface area (Å²) in [7, 11) is -2.86. The molecule has 28 heteroatoms. The molecule has 3 heterocycles. The number of halogens is 2. The predicted molar refractivity (Wildman–Crippen MR) is 397 cm³/mol. The average molecular weight is 1520 g/mol. The number of H-pyrrole nitrogens is 1. The number of ether oxygens (including phenoxy) is 2. The number of aromatic nitrogens is 6. The van der Waals surface area contributed by atoms with Crippen LogP contribution in [0.25, 0.3) is 10.4 Å². The second kappa shape index (κ2) is 57.5. The Balaban J connectivity index is -0.000000155. The number of nitrogens with two attached hydrogens (primary N) is 2. The van der Waals surface area contributed by atoms with Gasteiger partial charge in [0.1, 0.15) is 28.7 Å². The Morgan fingerprint density at radius 1 is 0.785 bits per heavy atom. The van der Waals surface area contributed by atoms with Gasteiger partial charge in [0.05, 0.1) is 108 Å². The van der Waals surface area contributed by atoms with Crippen LogP contribution in [0.15, 0.2) is 70.4 Å². The molecule has 93 heavy (non-hydrogen) atoms. The Morgan fingerprint density at radius 2 is 1.25 bits per heavy atom. The van der Waals surface area contributed by atoms with Gasteiger partial charge in [-0.3, -0.25) is 5.14 Å². The van der Waals surface area contributed by atoms with Crippen LogP contribution < -0.4 is 42.0 Å². The van der Waals surface area contributed by atoms with E-state index in [1.165, 1.54) is 18.4 Å². The molecule has 0 saturated carbocycles. The zero-order valence-corrected chi connectivity index (χ0v) is 67.6. The van der Waals surface area contributed by atoms with Crippen molar-refractivity contribution < 1.29 is 48.1 Å². The van der Waals surface area contributed by atoms with E-state index in [9.17, 15) is 21.6 Å². The van der Waals surface area contributed by atoms with Crippen molar-refractivity contribution in [2.45, 2.75) is 230 Å². The fraction of sp³-hybridized carbons (Fsp3) is 0.662. The van der Waals surface area contributed by atoms with Gasteiger partial charge in [0.15, 0.2) is 0 Å². The topological polar surface area (TPSA) is 313 Å². The van der Waals surface area contributed by atoms with Crippen molar-refractivity contribution in [3.63, 3.8) is 0 Å². The number of aryl methyl sites for hydroxylation is 1. The first kappa shape index (κ1) is 105. The minimum absolute atomic E-state index is 0. The second-order valence-corrected chi connectivity index (χ2v) is 33.6. The number of carbonyl (C=O) groups excluding carboxylic acids is 1. The summed E-state index contributed by atoms with van der Waals surface area (Å²) in [6.45, 7) is 48.0. The normalized spacial score (nSPS) is 13.7. The molecule has 21 nitrogen and oxygen atoms in total. The van der Waals surface area contributed by atoms with Crippen molar-refractivity contribution in [3.8, 4) is 24.5 Å². The number of nitrogens with zero attached hydrogens (tertiary/aromatic N) is 9. The summed E-state index contributed by atoms with van der Waals surface area (Å²) in [6, 6.07) is 15.6. The fourth-order valence-electron chi connectivity index (χ4n) is 5.30. The minimum atomic E-state index is -1.18. The molecular formula is C65H118Br2MgN14O7S4. The largest absolute Gasteiger partial charge is 2.00 e. The van der Waals surface area contributed by atoms with Crippen molar-refractivity contribution in [1.29, 1.82) is 0 Å². The molecule has 5 rings (SSSR count). The maximum atomic E-state index is 12.4. The summed E-state index contributed by atoms with van der Waals surface area (Å²) in [4.78, 5) is 12.2. The number of methoxy groups -OCH3 is 1. The van der Waals surface area contributed by atoms with Crippen LogP contribution in [0.4, 0.5) is 0 Å². The standard InChI is InChI=1S/C18H28N4O2S.C10H19NOS.C8H9N3.C8H17NOS.C6H12N4.C4H11NOS.2C4H8O.C2H.CH4.2BrH.Mg/c1-13(2)17(20-25(23)18(3,4)5)16-12-22(21-19-16)11-14-7-9-15(24-6)10-8-14;1-7-9(8(2)3)11-13(12)10(4,5)6;1-7-2-4-8(5-3-7)6-10-11-9;1-7(2)6-9-11(10)8(3,4)5;1-4(2)6(7)5-3-8-10-9-5;1-4(2,3)7(5)6;1-2-4-5-3-1;1-4(2)3-5;1-2;;;;/h7-10,12-13,17,20H,11H2,1-6H3;1,8-9,11H,2-6H3;2-5H,6H2,1H3;6-7H,1-5H3;3-4,6H,7H2,1-2H3,(H,8,9,10);5H2,1-3H3;1-4H2;3-4H,1-2H3;1H;1H4;2*1H;/q;;;;;;;;-1;;;;+2/p-1/t17-,25-;9-,13+;;11-;6-;7-;;;;;;;/m01.000......./s1. The van der Waals surface area contributed by atoms with E-state index >= 15 is 0 Å². The van der Waals surface area contributed by atoms with Crippen LogP contribution in [-0.2, 0) is 66.6 Å². The number of rotatable bonds is 17. The second-order valence-electron chi connectivity index (χ2n) is 25.8. The van der Waals surface area contributed by atoms with E-state index in [1.807, 2.05) is 186 Å². The molecule has 2 aromatic carbocycles. The SMILES string of the molecule is Br.C.C#C[C@@H](N[S@@](=O)C(C)(C)C)C(C)C.C1CCOC1.CC(C)(C)[S@@](N)=O.CC(C)C=N[S@@](=O)C(C)(C)C.CC(C)C=O.CC(C)[C@H](N)c1cn[nH]n1.COc1ccc(Cn2cc([C@@H](N[S@@](=O)C(C)(C)C)C(C)C)nn2)cc1.Cc1ccc(CN=[N+]=[N-])cc1.[Br-].[C-]#C.[Mg+2]. The molecule has 1 saturated heterocycles. The van der Waals surface area contributed by atoms with Crippen molar-refractivity contribution >= 4 is 96.5 Å². The first-order valence-electron chi connectivity index (χ1n) is 29.6. The third-order valence-electron chi connectivity index (χ3n) is 11.1. The maximum absolute atomic E-state index is 12.4. The molecule has 1 aliphatic rings. The molecular weight excluding hydrogens is 1400 g/mol. The number of benzene rings is 2. The molecule has 1 aliphatic heterocycles. The number of hydrogen-bond donors (Lipinski definition) is 5. The molecule has 0 bridgehead atoms. The summed E-state index contributed by atoms with van der Waals surface area (Å²) in [5.74, 6) is 4.97. The first-order valence-corrected chi connectivity index (χ1v) is 34.2. The number of carbonyl (C=O) groups is 1. The molecule has 0 amide bonds. The Labute approximate surface area is 609 Å². The number of nitrogens with one attached hydrogen (secondary N) is 3. The van der Waals surface area contributed by atoms with E-state index in [2.05, 4.69) is 89.6 Å². The molecule has 530 valence electrons. The molecule has 4 aromatic rings. The summed E-state index contributed by atoms with van der Waals surface area (Å²) >= 11 is 0. The van der Waals surface area contributed by atoms with E-state index in [1.54, 1.807) is 24.2 Å². The molecule has 0 radical (unpaired) electrons. The molecule has 1 fully saturated rings. The van der Waals surface area contributed by atoms with Gasteiger partial charge in [-0.2, -0.15) is 19.8 Å². The Kier molecular flexibility index (Phi) is 65.2. The van der Waals surface area contributed by atoms with Crippen LogP contribution in [0.3, 0.4) is 0 Å². The Hall–Kier alpha value is -3.58. The number of azide groups is 1. The molecule has 0 aliphatic carbocycles. The van der Waals surface area contributed by atoms with E-state index in [0.29, 0.717) is 30.8 Å². The van der Waals surface area contributed by atoms with Gasteiger partial charge in [0.2, 0.25) is 0 Å². The quantitative estimate of drug-likeness (QED) is 0.00963. The number of aromatic amines is 1. The first-order chi connectivity index (χ1) is 41.1. The summed E-state index contributed by atoms with van der Waals surface area (Å²) in [5.41, 5.74) is 18.8. The predicted octanol–water partition coefficient (Wildman–Crippen LogP) is 10.3. The van der Waals surface area contributed by atoms with Crippen LogP contribution in [0.1, 0.15) is 213 Å². The van der Waals surface area contributed by atoms with Gasteiger partial charge in [-0.15, -0.1) is 28.5 Å². The van der Waals surface area contributed by atoms with Gasteiger partial charge in [-0.1, -0.05) is 135 Å². The average Bonchev–Trinajstić information content (AvgIpc) is 1.97. The van der Waals surface area contributed by atoms with Crippen LogP contribution >= 0.6 is 17.0 Å². The molecule has 7 N–H and O–H groups in total. The van der Waals surface area contributed by atoms with Gasteiger partial charge in [-0.05, 0) is 155 Å². The number of hydrogen-bond acceptors (Lipinski definition) is 13. The minimum Gasteiger partial charge on any atom is -1.00 e. The number of aldehydes is 1. The zero-order chi connectivity index (χ0) is 69.9. The summed E-state index contributed by atoms with van der Waals surface area (Å²) < 4.78 is 66.7. The van der Waals surface area contributed by atoms with Gasteiger partial charge in [0, 0.05) is 30.3 Å². The van der Waals surface area contributed by atoms with Gasteiger partial charge < -0.3 is 49.8 Å². The fourth-order valence-corrected chi connectivity index (χ4v) is 7.87. The molecule has 0 unspecified atom stereocenters. The third-order valence-corrected chi connectivity index (χ3v) is 16.8. The Bertz CT molecular complexity index is 2720. The third kappa shape index (κ3) is 56.2. The van der Waals surface area contributed by atoms with Crippen LogP contribution in [0.2, 0.25) is 0 Å². The van der Waals surface area contributed by atoms with E-state index < -0.39 is 43.9 Å². The van der Waals surface area contributed by atoms with Gasteiger partial charge in [0.25, 0.3) is 0 Å². The van der Waals surface area contributed by atoms with Crippen molar-refractivity contribution in [2.75, 3.05) is 20.3 Å². The van der Waals surface area contributed by atoms with Crippen LogP contribution in [0, 0.1) is 61.7 Å². The van der Waals surface area contributed by atoms with Crippen LogP contribution in [0.5, 0.6) is 5.75 Å². The molecule has 7 atom stereocenters. The van der Waals surface area contributed by atoms with Crippen molar-refractivity contribution in [3.05, 3.63) is 106 Å². The molecule has 2 aromatic heterocycles. The van der Waals surface area contributed by atoms with Crippen molar-refractivity contribution in [1.82, 2.24) is 39.8 Å². The Morgan fingerprint density at radius 3 is 1.57 bits per heavy atom. The van der Waals surface area contributed by atoms with Crippen LogP contribution in [-0.4, -0.2) is 128 Å². The van der Waals surface area contributed by atoms with E-state index in [-0.39, 0.29) is 113 Å². The summed E-state index contributed by atoms with van der Waals surface area (Å²) in [6.07, 6.45) is 23.1. The molecule has 0 spiro atoms.